The van der Waals surface area contributed by atoms with Crippen molar-refractivity contribution in [3.63, 3.8) is 0 Å². The quantitative estimate of drug-likeness (QED) is 0.173. The molecule has 5 aliphatic rings. The van der Waals surface area contributed by atoms with Gasteiger partial charge in [-0.2, -0.15) is 4.98 Å². The van der Waals surface area contributed by atoms with Crippen LogP contribution in [0.5, 0.6) is 5.75 Å². The lowest BCUT2D eigenvalue weighted by Gasteiger charge is -2.47. The molecule has 0 unspecified atom stereocenters. The number of likely N-dealkylation sites (N-methyl/N-ethyl adjacent to an activating group) is 1. The van der Waals surface area contributed by atoms with Gasteiger partial charge < -0.3 is 29.7 Å². The summed E-state index contributed by atoms with van der Waals surface area (Å²) in [6.45, 7) is 9.86. The first-order chi connectivity index (χ1) is 30.9. The minimum atomic E-state index is -0.968. The summed E-state index contributed by atoms with van der Waals surface area (Å²) in [5.41, 5.74) is 2.80. The number of fused-ring (bicyclic) bond motifs is 2. The van der Waals surface area contributed by atoms with Crippen LogP contribution in [0.3, 0.4) is 0 Å². The highest BCUT2D eigenvalue weighted by atomic mass is 35.5. The highest BCUT2D eigenvalue weighted by Crippen LogP contribution is 2.40. The summed E-state index contributed by atoms with van der Waals surface area (Å²) in [6, 6.07) is 12.2. The fourth-order valence-corrected chi connectivity index (χ4v) is 10.2. The van der Waals surface area contributed by atoms with E-state index in [1.807, 2.05) is 44.2 Å². The third kappa shape index (κ3) is 8.43. The van der Waals surface area contributed by atoms with Crippen LogP contribution in [0.2, 0.25) is 5.02 Å². The molecule has 64 heavy (non-hydrogen) atoms. The summed E-state index contributed by atoms with van der Waals surface area (Å²) in [5.74, 6) is -0.262. The number of hydrogen-bond donors (Lipinski definition) is 3. The van der Waals surface area contributed by atoms with E-state index in [4.69, 9.17) is 21.3 Å². The molecule has 0 spiro atoms. The topological polar surface area (TPSA) is 191 Å². The smallest absolute Gasteiger partial charge is 0.293 e. The van der Waals surface area contributed by atoms with Crippen molar-refractivity contribution >= 4 is 69.5 Å². The fourth-order valence-electron chi connectivity index (χ4n) is 10.1. The van der Waals surface area contributed by atoms with Crippen molar-refractivity contribution in [1.82, 2.24) is 39.9 Å². The minimum Gasteiger partial charge on any atom is -0.478 e. The molecule has 2 aromatic carbocycles. The second-order valence-corrected chi connectivity index (χ2v) is 18.2. The number of piperidine rings is 2. The van der Waals surface area contributed by atoms with E-state index >= 15 is 0 Å². The summed E-state index contributed by atoms with van der Waals surface area (Å²) in [7, 11) is 1.51. The zero-order valence-electron chi connectivity index (χ0n) is 36.3. The first-order valence-corrected chi connectivity index (χ1v) is 22.6. The van der Waals surface area contributed by atoms with Gasteiger partial charge >= 0.3 is 0 Å². The molecule has 1 atom stereocenters. The van der Waals surface area contributed by atoms with Gasteiger partial charge in [0.05, 0.1) is 22.8 Å². The number of likely N-dealkylation sites (tertiary alicyclic amines) is 1. The fraction of sp³-hybridized carbons (Fsp3) is 0.478. The van der Waals surface area contributed by atoms with Crippen LogP contribution in [0.25, 0.3) is 10.9 Å². The number of carbonyl (C=O) groups is 5. The first kappa shape index (κ1) is 43.3. The van der Waals surface area contributed by atoms with Gasteiger partial charge in [0.15, 0.2) is 18.2 Å². The molecule has 336 valence electrons. The summed E-state index contributed by atoms with van der Waals surface area (Å²) in [5, 5.41) is 9.25. The van der Waals surface area contributed by atoms with Crippen molar-refractivity contribution in [3.8, 4) is 5.75 Å². The molecule has 6 heterocycles. The van der Waals surface area contributed by atoms with E-state index < -0.39 is 23.8 Å². The van der Waals surface area contributed by atoms with Crippen LogP contribution in [-0.4, -0.2) is 130 Å². The molecule has 4 fully saturated rings. The lowest BCUT2D eigenvalue weighted by molar-refractivity contribution is -0.136. The van der Waals surface area contributed by atoms with Gasteiger partial charge in [0.2, 0.25) is 17.8 Å². The number of carbonyl (C=O) groups excluding carboxylic acids is 5. The van der Waals surface area contributed by atoms with E-state index in [0.29, 0.717) is 45.6 Å². The standard InChI is InChI=1S/C46H53ClN10O7/c1-26(2)56-35-8-7-30(21-29(35)22-37(44(56)62)64-25-39(59)48-3)50-41-34(47)23-49-46(52-41)55-17-15-53(16-18-55)24-27-19-31(20-27)54-13-11-28(12-14-54)32-5-4-6-33-40(32)45(63)57(43(33)61)36-9-10-38(58)51-42(36)60/h4-8,21-23,26-28,31,36H,9-20,24-25H2,1-3H3,(H,48,59)(H,49,50,52)(H,51,58,60)/t27?,31?,36-/m0/s1. The second-order valence-electron chi connectivity index (χ2n) is 17.8. The van der Waals surface area contributed by atoms with Crippen LogP contribution in [0.1, 0.15) is 90.6 Å². The molecular weight excluding hydrogens is 840 g/mol. The maximum atomic E-state index is 13.7. The average Bonchev–Trinajstić information content (AvgIpc) is 3.53. The van der Waals surface area contributed by atoms with E-state index in [9.17, 15) is 28.8 Å². The normalized spacial score (nSPS) is 22.2. The minimum absolute atomic E-state index is 0.0916. The first-order valence-electron chi connectivity index (χ1n) is 22.2. The number of benzene rings is 2. The molecule has 18 heteroatoms. The van der Waals surface area contributed by atoms with Crippen LogP contribution < -0.4 is 31.1 Å². The molecule has 3 saturated heterocycles. The zero-order valence-corrected chi connectivity index (χ0v) is 37.0. The summed E-state index contributed by atoms with van der Waals surface area (Å²) >= 11 is 6.61. The summed E-state index contributed by atoms with van der Waals surface area (Å²) in [6.07, 6.45) is 5.95. The largest absolute Gasteiger partial charge is 0.478 e. The lowest BCUT2D eigenvalue weighted by atomic mass is 9.77. The van der Waals surface area contributed by atoms with Gasteiger partial charge in [0.1, 0.15) is 11.1 Å². The molecular formula is C46H53ClN10O7. The summed E-state index contributed by atoms with van der Waals surface area (Å²) < 4.78 is 7.27. The van der Waals surface area contributed by atoms with Crippen LogP contribution in [-0.2, 0) is 14.4 Å². The van der Waals surface area contributed by atoms with Crippen molar-refractivity contribution in [2.24, 2.45) is 5.92 Å². The Balaban J connectivity index is 0.757. The highest BCUT2D eigenvalue weighted by molar-refractivity contribution is 6.33. The lowest BCUT2D eigenvalue weighted by Crippen LogP contribution is -2.54. The van der Waals surface area contributed by atoms with Gasteiger partial charge in [-0.25, -0.2) is 4.98 Å². The summed E-state index contributed by atoms with van der Waals surface area (Å²) in [4.78, 5) is 94.3. The van der Waals surface area contributed by atoms with Crippen molar-refractivity contribution in [1.29, 1.82) is 0 Å². The number of nitrogens with one attached hydrogen (secondary N) is 3. The maximum Gasteiger partial charge on any atom is 0.293 e. The molecule has 0 radical (unpaired) electrons. The third-order valence-electron chi connectivity index (χ3n) is 13.5. The number of rotatable bonds is 12. The number of nitrogens with zero attached hydrogens (tertiary/aromatic N) is 7. The molecule has 4 aliphatic heterocycles. The van der Waals surface area contributed by atoms with Gasteiger partial charge in [-0.3, -0.25) is 43.9 Å². The van der Waals surface area contributed by atoms with Crippen molar-refractivity contribution in [2.75, 3.05) is 69.7 Å². The molecule has 9 rings (SSSR count). The van der Waals surface area contributed by atoms with E-state index in [0.717, 1.165) is 92.9 Å². The number of piperazine rings is 1. The Labute approximate surface area is 375 Å². The van der Waals surface area contributed by atoms with Crippen LogP contribution >= 0.6 is 11.6 Å². The predicted octanol–water partition coefficient (Wildman–Crippen LogP) is 4.08. The van der Waals surface area contributed by atoms with Crippen molar-refractivity contribution in [3.05, 3.63) is 80.7 Å². The molecule has 0 bridgehead atoms. The van der Waals surface area contributed by atoms with Gasteiger partial charge in [0.25, 0.3) is 23.3 Å². The Morgan fingerprint density at radius 3 is 2.44 bits per heavy atom. The predicted molar refractivity (Wildman–Crippen MR) is 240 cm³/mol. The maximum absolute atomic E-state index is 13.7. The Hall–Kier alpha value is -5.91. The third-order valence-corrected chi connectivity index (χ3v) is 13.8. The molecule has 1 aliphatic carbocycles. The Morgan fingerprint density at radius 2 is 1.72 bits per heavy atom. The molecule has 4 aromatic rings. The number of amides is 5. The van der Waals surface area contributed by atoms with Gasteiger partial charge in [-0.1, -0.05) is 23.7 Å². The van der Waals surface area contributed by atoms with Crippen molar-refractivity contribution < 1.29 is 28.7 Å². The van der Waals surface area contributed by atoms with Crippen LogP contribution in [0.4, 0.5) is 17.5 Å². The molecule has 17 nitrogen and oxygen atoms in total. The van der Waals surface area contributed by atoms with E-state index in [2.05, 4.69) is 35.6 Å². The number of imide groups is 2. The molecule has 1 saturated carbocycles. The van der Waals surface area contributed by atoms with Gasteiger partial charge in [-0.15, -0.1) is 0 Å². The highest BCUT2D eigenvalue weighted by Gasteiger charge is 2.46. The van der Waals surface area contributed by atoms with Crippen molar-refractivity contribution in [2.45, 2.75) is 76.4 Å². The number of anilines is 3. The number of aromatic nitrogens is 3. The molecule has 3 N–H and O–H groups in total. The van der Waals surface area contributed by atoms with Crippen LogP contribution in [0.15, 0.2) is 53.5 Å². The Morgan fingerprint density at radius 1 is 0.953 bits per heavy atom. The van der Waals surface area contributed by atoms with Gasteiger partial charge in [0, 0.05) is 69.3 Å². The number of pyridine rings is 1. The SMILES string of the molecule is CNC(=O)COc1cc2cc(Nc3nc(N4CCN(CC5CC(N6CCC(c7cccc8c7C(=O)N([C@H]7CCC(=O)NC7=O)C8=O)CC6)C5)CC4)ncc3Cl)ccc2n(C(C)C)c1=O. The molecule has 2 aromatic heterocycles. The number of halogens is 1. The molecule has 5 amide bonds. The zero-order chi connectivity index (χ0) is 44.8. The number of hydrogen-bond acceptors (Lipinski definition) is 13. The monoisotopic (exact) mass is 892 g/mol. The van der Waals surface area contributed by atoms with Gasteiger partial charge in [-0.05, 0) is 107 Å². The van der Waals surface area contributed by atoms with Crippen LogP contribution in [0, 0.1) is 5.92 Å². The van der Waals surface area contributed by atoms with E-state index in [1.54, 1.807) is 22.9 Å². The Bertz CT molecular complexity index is 2580. The van der Waals surface area contributed by atoms with E-state index in [-0.39, 0.29) is 54.5 Å². The Kier molecular flexibility index (Phi) is 12.1. The average molecular weight is 893 g/mol. The van der Waals surface area contributed by atoms with E-state index in [1.165, 1.54) is 7.05 Å². The number of ether oxygens (including phenoxy) is 1. The second kappa shape index (κ2) is 17.9.